The van der Waals surface area contributed by atoms with Crippen LogP contribution in [0.5, 0.6) is 0 Å². The van der Waals surface area contributed by atoms with Crippen molar-refractivity contribution in [1.82, 2.24) is 4.90 Å². The second-order valence-electron chi connectivity index (χ2n) is 2.24. The summed E-state index contributed by atoms with van der Waals surface area (Å²) in [5.74, 6) is 0.744. The van der Waals surface area contributed by atoms with Crippen LogP contribution < -0.4 is 0 Å². The van der Waals surface area contributed by atoms with Crippen molar-refractivity contribution >= 4 is 12.2 Å². The topological polar surface area (TPSA) is 41.9 Å². The fraction of sp³-hybridized carbons (Fsp3) is 0.714. The van der Waals surface area contributed by atoms with E-state index >= 15 is 0 Å². The molecule has 0 aromatic rings. The van der Waals surface area contributed by atoms with Crippen molar-refractivity contribution in [2.75, 3.05) is 26.3 Å². The van der Waals surface area contributed by atoms with Crippen molar-refractivity contribution in [3.63, 3.8) is 0 Å². The van der Waals surface area contributed by atoms with Gasteiger partial charge in [-0.3, -0.25) is 14.7 Å². The van der Waals surface area contributed by atoms with Crippen molar-refractivity contribution in [1.29, 1.82) is 0 Å². The van der Waals surface area contributed by atoms with E-state index in [1.165, 1.54) is 0 Å². The molecule has 0 bridgehead atoms. The Morgan fingerprint density at radius 1 is 1.82 bits per heavy atom. The molecule has 0 saturated carbocycles. The Kier molecular flexibility index (Phi) is 3.04. The van der Waals surface area contributed by atoms with E-state index in [0.717, 1.165) is 12.2 Å². The fourth-order valence-electron chi connectivity index (χ4n) is 0.971. The highest BCUT2D eigenvalue weighted by Gasteiger charge is 2.14. The molecule has 11 heavy (non-hydrogen) atoms. The Morgan fingerprint density at radius 2 is 2.64 bits per heavy atom. The lowest BCUT2D eigenvalue weighted by Crippen LogP contribution is -2.40. The molecule has 1 aliphatic rings. The summed E-state index contributed by atoms with van der Waals surface area (Å²) in [6, 6.07) is 0. The van der Waals surface area contributed by atoms with Gasteiger partial charge >= 0.3 is 0 Å². The van der Waals surface area contributed by atoms with E-state index in [0.29, 0.717) is 26.3 Å². The lowest BCUT2D eigenvalue weighted by Gasteiger charge is -2.24. The van der Waals surface area contributed by atoms with Crippen LogP contribution >= 0.6 is 0 Å². The van der Waals surface area contributed by atoms with Gasteiger partial charge in [-0.25, -0.2) is 0 Å². The molecule has 0 unspecified atom stereocenters. The zero-order valence-corrected chi connectivity index (χ0v) is 6.62. The van der Waals surface area contributed by atoms with Crippen molar-refractivity contribution in [3.8, 4) is 0 Å². The molecule has 1 aliphatic heterocycles. The number of carbonyl (C=O) groups is 1. The molecule has 1 heterocycles. The maximum Gasteiger partial charge on any atom is 0.215 e. The number of ether oxygens (including phenoxy) is 1. The molecule has 0 aromatic carbocycles. The van der Waals surface area contributed by atoms with Gasteiger partial charge in [-0.2, -0.15) is 0 Å². The van der Waals surface area contributed by atoms with E-state index < -0.39 is 0 Å². The summed E-state index contributed by atoms with van der Waals surface area (Å²) < 4.78 is 5.14. The highest BCUT2D eigenvalue weighted by Crippen LogP contribution is 1.97. The summed E-state index contributed by atoms with van der Waals surface area (Å²) in [5, 5.41) is 0. The zero-order chi connectivity index (χ0) is 8.10. The van der Waals surface area contributed by atoms with Gasteiger partial charge in [0, 0.05) is 6.54 Å². The molecule has 0 aromatic heterocycles. The first-order valence-electron chi connectivity index (χ1n) is 3.71. The van der Waals surface area contributed by atoms with Crippen molar-refractivity contribution in [2.24, 2.45) is 4.99 Å². The van der Waals surface area contributed by atoms with Gasteiger partial charge in [0.1, 0.15) is 12.4 Å². The maximum absolute atomic E-state index is 10.4. The third kappa shape index (κ3) is 2.01. The summed E-state index contributed by atoms with van der Waals surface area (Å²) in [6.07, 6.45) is 0.803. The fourth-order valence-corrected chi connectivity index (χ4v) is 0.971. The molecule has 0 N–H and O–H groups in total. The Hall–Kier alpha value is -0.900. The first-order valence-corrected chi connectivity index (χ1v) is 3.71. The quantitative estimate of drug-likeness (QED) is 0.524. The number of nitrogens with zero attached hydrogens (tertiary/aromatic N) is 2. The summed E-state index contributed by atoms with van der Waals surface area (Å²) in [4.78, 5) is 16.1. The first-order chi connectivity index (χ1) is 5.38. The Bertz CT molecular complexity index is 168. The number of amides is 1. The average molecular weight is 156 g/mol. The number of rotatable bonds is 2. The highest BCUT2D eigenvalue weighted by molar-refractivity contribution is 5.92. The molecule has 1 amide bonds. The summed E-state index contributed by atoms with van der Waals surface area (Å²) in [7, 11) is 0. The van der Waals surface area contributed by atoms with Crippen LogP contribution in [0.3, 0.4) is 0 Å². The molecule has 1 saturated heterocycles. The van der Waals surface area contributed by atoms with Gasteiger partial charge in [0.15, 0.2) is 0 Å². The van der Waals surface area contributed by atoms with E-state index in [1.807, 2.05) is 6.92 Å². The summed E-state index contributed by atoms with van der Waals surface area (Å²) >= 11 is 0. The smallest absolute Gasteiger partial charge is 0.215 e. The molecule has 4 nitrogen and oxygen atoms in total. The molecular formula is C7H12N2O2. The molecule has 0 atom stereocenters. The number of aliphatic imine (C=N–C) groups is 1. The largest absolute Gasteiger partial charge is 0.372 e. The van der Waals surface area contributed by atoms with Crippen LogP contribution in [0, 0.1) is 0 Å². The van der Waals surface area contributed by atoms with Crippen LogP contribution in [0.25, 0.3) is 0 Å². The zero-order valence-electron chi connectivity index (χ0n) is 6.62. The predicted molar refractivity (Wildman–Crippen MR) is 41.6 cm³/mol. The molecule has 4 heteroatoms. The summed E-state index contributed by atoms with van der Waals surface area (Å²) in [6.45, 7) is 4.34. The second-order valence-corrected chi connectivity index (χ2v) is 2.24. The van der Waals surface area contributed by atoms with Gasteiger partial charge in [-0.05, 0) is 6.92 Å². The molecule has 0 aliphatic carbocycles. The van der Waals surface area contributed by atoms with E-state index in [-0.39, 0.29) is 0 Å². The Balaban J connectivity index is 2.58. The van der Waals surface area contributed by atoms with Crippen LogP contribution in [0.2, 0.25) is 0 Å². The third-order valence-electron chi connectivity index (χ3n) is 1.51. The second kappa shape index (κ2) is 4.08. The molecule has 1 rings (SSSR count). The highest BCUT2D eigenvalue weighted by atomic mass is 16.5. The molecule has 0 spiro atoms. The molecule has 62 valence electrons. The first kappa shape index (κ1) is 8.20. The minimum Gasteiger partial charge on any atom is -0.372 e. The van der Waals surface area contributed by atoms with Gasteiger partial charge < -0.3 is 4.74 Å². The summed E-state index contributed by atoms with van der Waals surface area (Å²) in [5.41, 5.74) is 0. The van der Waals surface area contributed by atoms with Gasteiger partial charge in [-0.1, -0.05) is 0 Å². The van der Waals surface area contributed by atoms with Crippen LogP contribution in [0.15, 0.2) is 4.99 Å². The number of carbonyl (C=O) groups excluding carboxylic acids is 1. The van der Waals surface area contributed by atoms with E-state index in [2.05, 4.69) is 4.99 Å². The normalized spacial score (nSPS) is 22.3. The van der Waals surface area contributed by atoms with Crippen LogP contribution in [-0.4, -0.2) is 43.4 Å². The minimum atomic E-state index is 0.465. The Labute approximate surface area is 65.9 Å². The number of amidine groups is 1. The lowest BCUT2D eigenvalue weighted by molar-refractivity contribution is -0.116. The SMILES string of the molecule is CCN=C1COCCN1C=O. The number of hydrogen-bond donors (Lipinski definition) is 0. The molecule has 1 fully saturated rings. The van der Waals surface area contributed by atoms with Gasteiger partial charge in [-0.15, -0.1) is 0 Å². The number of hydrogen-bond acceptors (Lipinski definition) is 3. The van der Waals surface area contributed by atoms with Crippen LogP contribution in [0.4, 0.5) is 0 Å². The predicted octanol–water partition coefficient (Wildman–Crippen LogP) is -0.107. The van der Waals surface area contributed by atoms with Crippen molar-refractivity contribution in [2.45, 2.75) is 6.92 Å². The molecule has 0 radical (unpaired) electrons. The van der Waals surface area contributed by atoms with Gasteiger partial charge in [0.25, 0.3) is 0 Å². The minimum absolute atomic E-state index is 0.465. The Morgan fingerprint density at radius 3 is 3.27 bits per heavy atom. The standard InChI is InChI=1S/C7H12N2O2/c1-2-8-7-5-11-4-3-9(7)6-10/h6H,2-5H2,1H3. The van der Waals surface area contributed by atoms with Crippen molar-refractivity contribution in [3.05, 3.63) is 0 Å². The van der Waals surface area contributed by atoms with Gasteiger partial charge in [0.2, 0.25) is 6.41 Å². The van der Waals surface area contributed by atoms with E-state index in [9.17, 15) is 4.79 Å². The molecular weight excluding hydrogens is 144 g/mol. The number of morpholine rings is 1. The monoisotopic (exact) mass is 156 g/mol. The van der Waals surface area contributed by atoms with Crippen LogP contribution in [0.1, 0.15) is 6.92 Å². The van der Waals surface area contributed by atoms with E-state index in [1.54, 1.807) is 4.90 Å². The maximum atomic E-state index is 10.4. The third-order valence-corrected chi connectivity index (χ3v) is 1.51. The van der Waals surface area contributed by atoms with Crippen molar-refractivity contribution < 1.29 is 9.53 Å². The van der Waals surface area contributed by atoms with E-state index in [4.69, 9.17) is 4.74 Å². The average Bonchev–Trinajstić information content (AvgIpc) is 2.06. The van der Waals surface area contributed by atoms with Crippen LogP contribution in [-0.2, 0) is 9.53 Å². The van der Waals surface area contributed by atoms with Gasteiger partial charge in [0.05, 0.1) is 13.2 Å². The lowest BCUT2D eigenvalue weighted by atomic mass is 10.4.